The number of hydrogen-bond donors (Lipinski definition) is 1. The molecule has 16 heavy (non-hydrogen) atoms. The molecule has 1 N–H and O–H groups in total. The smallest absolute Gasteiger partial charge is 0.258 e. The summed E-state index contributed by atoms with van der Waals surface area (Å²) in [5.41, 5.74) is 0.958. The summed E-state index contributed by atoms with van der Waals surface area (Å²) in [5, 5.41) is 9.14. The second kappa shape index (κ2) is 5.07. The Morgan fingerprint density at radius 3 is 3.00 bits per heavy atom. The number of nitrogens with one attached hydrogen (secondary N) is 1. The number of hydrogen-bond acceptors (Lipinski definition) is 5. The van der Waals surface area contributed by atoms with Crippen LogP contribution in [-0.2, 0) is 6.54 Å². The van der Waals surface area contributed by atoms with Crippen LogP contribution < -0.4 is 5.32 Å². The van der Waals surface area contributed by atoms with Gasteiger partial charge in [0.1, 0.15) is 0 Å². The lowest BCUT2D eigenvalue weighted by Gasteiger charge is -2.02. The van der Waals surface area contributed by atoms with Crippen LogP contribution in [0.4, 0.5) is 0 Å². The molecular formula is C10H12BrN3OS. The summed E-state index contributed by atoms with van der Waals surface area (Å²) in [6.07, 6.45) is 0. The van der Waals surface area contributed by atoms with Crippen LogP contribution in [0.2, 0.25) is 0 Å². The minimum absolute atomic E-state index is 0.414. The molecular weight excluding hydrogens is 290 g/mol. The molecule has 0 amide bonds. The van der Waals surface area contributed by atoms with Crippen molar-refractivity contribution in [2.45, 2.75) is 26.4 Å². The molecule has 4 nitrogen and oxygen atoms in total. The fraction of sp³-hybridized carbons (Fsp3) is 0.400. The highest BCUT2D eigenvalue weighted by atomic mass is 79.9. The highest BCUT2D eigenvalue weighted by Gasteiger charge is 2.10. The van der Waals surface area contributed by atoms with E-state index in [1.165, 1.54) is 0 Å². The third-order valence-corrected chi connectivity index (χ3v) is 3.46. The third kappa shape index (κ3) is 2.90. The van der Waals surface area contributed by atoms with Crippen molar-refractivity contribution in [1.29, 1.82) is 0 Å². The van der Waals surface area contributed by atoms with Crippen molar-refractivity contribution in [2.75, 3.05) is 0 Å². The Hall–Kier alpha value is -0.720. The number of rotatable bonds is 4. The quantitative estimate of drug-likeness (QED) is 0.943. The normalized spacial score (nSPS) is 11.2. The van der Waals surface area contributed by atoms with Crippen LogP contribution in [0.1, 0.15) is 19.7 Å². The average Bonchev–Trinajstić information content (AvgIpc) is 2.83. The van der Waals surface area contributed by atoms with Gasteiger partial charge in [-0.1, -0.05) is 19.0 Å². The maximum absolute atomic E-state index is 5.18. The summed E-state index contributed by atoms with van der Waals surface area (Å²) >= 11 is 5.00. The molecule has 0 aromatic carbocycles. The van der Waals surface area contributed by atoms with Crippen molar-refractivity contribution < 1.29 is 4.52 Å². The highest BCUT2D eigenvalue weighted by molar-refractivity contribution is 9.11. The predicted molar refractivity (Wildman–Crippen MR) is 67.3 cm³/mol. The second-order valence-electron chi connectivity index (χ2n) is 3.69. The maximum atomic E-state index is 5.18. The fourth-order valence-corrected chi connectivity index (χ4v) is 2.29. The van der Waals surface area contributed by atoms with Crippen molar-refractivity contribution in [2.24, 2.45) is 0 Å². The molecule has 0 fully saturated rings. The zero-order chi connectivity index (χ0) is 11.5. The van der Waals surface area contributed by atoms with Crippen LogP contribution in [0.25, 0.3) is 11.5 Å². The Morgan fingerprint density at radius 1 is 1.56 bits per heavy atom. The first-order chi connectivity index (χ1) is 7.65. The van der Waals surface area contributed by atoms with E-state index in [4.69, 9.17) is 4.52 Å². The van der Waals surface area contributed by atoms with Gasteiger partial charge >= 0.3 is 0 Å². The summed E-state index contributed by atoms with van der Waals surface area (Å²) in [6, 6.07) is 2.38. The van der Waals surface area contributed by atoms with Crippen LogP contribution in [0.3, 0.4) is 0 Å². The summed E-state index contributed by atoms with van der Waals surface area (Å²) in [6.45, 7) is 4.79. The molecule has 0 unspecified atom stereocenters. The Labute approximate surface area is 106 Å². The molecule has 0 aliphatic rings. The van der Waals surface area contributed by atoms with Gasteiger partial charge in [-0.05, 0) is 22.0 Å². The van der Waals surface area contributed by atoms with Crippen molar-refractivity contribution in [3.8, 4) is 11.5 Å². The fourth-order valence-electron chi connectivity index (χ4n) is 1.16. The third-order valence-electron chi connectivity index (χ3n) is 1.95. The first kappa shape index (κ1) is 11.8. The van der Waals surface area contributed by atoms with Crippen LogP contribution in [0.15, 0.2) is 19.8 Å². The molecule has 0 saturated heterocycles. The molecule has 0 saturated carbocycles. The summed E-state index contributed by atoms with van der Waals surface area (Å²) in [5.74, 6) is 1.26. The molecule has 0 radical (unpaired) electrons. The zero-order valence-electron chi connectivity index (χ0n) is 9.03. The lowest BCUT2D eigenvalue weighted by Crippen LogP contribution is -2.22. The molecule has 2 heterocycles. The van der Waals surface area contributed by atoms with Crippen molar-refractivity contribution in [1.82, 2.24) is 15.5 Å². The largest absolute Gasteiger partial charge is 0.334 e. The number of halogens is 1. The van der Waals surface area contributed by atoms with Crippen molar-refractivity contribution in [3.63, 3.8) is 0 Å². The van der Waals surface area contributed by atoms with E-state index in [9.17, 15) is 0 Å². The average molecular weight is 302 g/mol. The molecule has 2 aromatic heterocycles. The van der Waals surface area contributed by atoms with E-state index in [0.29, 0.717) is 24.3 Å². The highest BCUT2D eigenvalue weighted by Crippen LogP contribution is 2.27. The topological polar surface area (TPSA) is 51.0 Å². The zero-order valence-corrected chi connectivity index (χ0v) is 11.4. The molecule has 0 aliphatic heterocycles. The van der Waals surface area contributed by atoms with E-state index >= 15 is 0 Å². The standard InChI is InChI=1S/C10H12BrN3OS/c1-6(2)12-4-9-13-10(15-14-9)7-3-8(11)16-5-7/h3,5-6,12H,4H2,1-2H3. The lowest BCUT2D eigenvalue weighted by molar-refractivity contribution is 0.417. The van der Waals surface area contributed by atoms with E-state index in [1.54, 1.807) is 11.3 Å². The number of aromatic nitrogens is 2. The molecule has 2 aromatic rings. The molecule has 0 atom stereocenters. The summed E-state index contributed by atoms with van der Waals surface area (Å²) in [4.78, 5) is 4.31. The van der Waals surface area contributed by atoms with Crippen LogP contribution in [0.5, 0.6) is 0 Å². The SMILES string of the molecule is CC(C)NCc1noc(-c2csc(Br)c2)n1. The number of nitrogens with zero attached hydrogens (tertiary/aromatic N) is 2. The Bertz CT molecular complexity index is 466. The van der Waals surface area contributed by atoms with E-state index < -0.39 is 0 Å². The van der Waals surface area contributed by atoms with Gasteiger partial charge in [0.2, 0.25) is 0 Å². The first-order valence-electron chi connectivity index (χ1n) is 4.95. The van der Waals surface area contributed by atoms with Gasteiger partial charge in [0.15, 0.2) is 5.82 Å². The second-order valence-corrected chi connectivity index (χ2v) is 5.98. The minimum atomic E-state index is 0.414. The summed E-state index contributed by atoms with van der Waals surface area (Å²) < 4.78 is 6.24. The van der Waals surface area contributed by atoms with Crippen molar-refractivity contribution >= 4 is 27.3 Å². The molecule has 2 rings (SSSR count). The number of thiophene rings is 1. The van der Waals surface area contributed by atoms with E-state index in [0.717, 1.165) is 9.35 Å². The summed E-state index contributed by atoms with van der Waals surface area (Å²) in [7, 11) is 0. The van der Waals surface area contributed by atoms with Crippen molar-refractivity contribution in [3.05, 3.63) is 21.1 Å². The van der Waals surface area contributed by atoms with Gasteiger partial charge in [-0.25, -0.2) is 0 Å². The van der Waals surface area contributed by atoms with Crippen LogP contribution in [-0.4, -0.2) is 16.2 Å². The minimum Gasteiger partial charge on any atom is -0.334 e. The molecule has 6 heteroatoms. The lowest BCUT2D eigenvalue weighted by atomic mass is 10.3. The Morgan fingerprint density at radius 2 is 2.38 bits per heavy atom. The van der Waals surface area contributed by atoms with Gasteiger partial charge in [-0.15, -0.1) is 11.3 Å². The predicted octanol–water partition coefficient (Wildman–Crippen LogP) is 3.06. The van der Waals surface area contributed by atoms with Gasteiger partial charge in [-0.3, -0.25) is 0 Å². The van der Waals surface area contributed by atoms with E-state index in [-0.39, 0.29) is 0 Å². The van der Waals surface area contributed by atoms with Gasteiger partial charge in [0, 0.05) is 11.4 Å². The molecule has 86 valence electrons. The molecule has 0 spiro atoms. The molecule has 0 aliphatic carbocycles. The van der Waals surface area contributed by atoms with Gasteiger partial charge < -0.3 is 9.84 Å². The monoisotopic (exact) mass is 301 g/mol. The maximum Gasteiger partial charge on any atom is 0.258 e. The van der Waals surface area contributed by atoms with E-state index in [2.05, 4.69) is 45.2 Å². The van der Waals surface area contributed by atoms with Crippen LogP contribution >= 0.6 is 27.3 Å². The van der Waals surface area contributed by atoms with Gasteiger partial charge in [0.05, 0.1) is 15.9 Å². The van der Waals surface area contributed by atoms with E-state index in [1.807, 2.05) is 11.4 Å². The first-order valence-corrected chi connectivity index (χ1v) is 6.63. The van der Waals surface area contributed by atoms with Gasteiger partial charge in [-0.2, -0.15) is 4.98 Å². The van der Waals surface area contributed by atoms with Gasteiger partial charge in [0.25, 0.3) is 5.89 Å². The Balaban J connectivity index is 2.07. The van der Waals surface area contributed by atoms with Crippen LogP contribution in [0, 0.1) is 0 Å². The Kier molecular flexibility index (Phi) is 3.73. The molecule has 0 bridgehead atoms.